The fraction of sp³-hybridized carbons (Fsp3) is 0.250. The molecule has 0 fully saturated rings. The molecule has 1 aromatic rings. The summed E-state index contributed by atoms with van der Waals surface area (Å²) in [6.07, 6.45) is -0.213. The lowest BCUT2D eigenvalue weighted by Gasteiger charge is -2.01. The van der Waals surface area contributed by atoms with Crippen molar-refractivity contribution >= 4 is 40.5 Å². The molecule has 76 valence electrons. The molecule has 0 spiro atoms. The van der Waals surface area contributed by atoms with Crippen molar-refractivity contribution < 1.29 is 14.7 Å². The Labute approximate surface area is 89.5 Å². The summed E-state index contributed by atoms with van der Waals surface area (Å²) in [6.45, 7) is 0. The zero-order valence-corrected chi connectivity index (χ0v) is 8.69. The van der Waals surface area contributed by atoms with Crippen LogP contribution in [0.1, 0.15) is 12.8 Å². The Morgan fingerprint density at radius 2 is 2.21 bits per heavy atom. The predicted octanol–water partition coefficient (Wildman–Crippen LogP) is 2.20. The molecule has 6 heteroatoms. The molecule has 14 heavy (non-hydrogen) atoms. The van der Waals surface area contributed by atoms with Gasteiger partial charge < -0.3 is 10.4 Å². The molecule has 1 rings (SSSR count). The van der Waals surface area contributed by atoms with Crippen LogP contribution in [0.5, 0.6) is 0 Å². The van der Waals surface area contributed by atoms with E-state index in [1.54, 1.807) is 11.4 Å². The van der Waals surface area contributed by atoms with Crippen LogP contribution in [-0.4, -0.2) is 17.0 Å². The van der Waals surface area contributed by atoms with Crippen molar-refractivity contribution in [3.8, 4) is 0 Å². The highest BCUT2D eigenvalue weighted by atomic mass is 35.5. The maximum Gasteiger partial charge on any atom is 0.303 e. The van der Waals surface area contributed by atoms with Gasteiger partial charge in [-0.15, -0.1) is 11.3 Å². The summed E-state index contributed by atoms with van der Waals surface area (Å²) in [5.41, 5.74) is 0.534. The second kappa shape index (κ2) is 4.97. The van der Waals surface area contributed by atoms with E-state index in [9.17, 15) is 9.59 Å². The van der Waals surface area contributed by atoms with Gasteiger partial charge in [0.15, 0.2) is 0 Å². The van der Waals surface area contributed by atoms with E-state index in [4.69, 9.17) is 16.7 Å². The van der Waals surface area contributed by atoms with Gasteiger partial charge in [0, 0.05) is 6.42 Å². The van der Waals surface area contributed by atoms with Crippen LogP contribution in [0.3, 0.4) is 0 Å². The maximum atomic E-state index is 11.1. The van der Waals surface area contributed by atoms with Gasteiger partial charge in [0.2, 0.25) is 5.91 Å². The maximum absolute atomic E-state index is 11.1. The van der Waals surface area contributed by atoms with Crippen molar-refractivity contribution in [2.45, 2.75) is 12.8 Å². The molecule has 0 bridgehead atoms. The quantitative estimate of drug-likeness (QED) is 0.838. The number of carboxylic acid groups (broad SMARTS) is 1. The van der Waals surface area contributed by atoms with Gasteiger partial charge in [-0.2, -0.15) is 0 Å². The number of carbonyl (C=O) groups is 2. The van der Waals surface area contributed by atoms with Crippen LogP contribution in [0.25, 0.3) is 0 Å². The molecular formula is C8H8ClNO3S. The van der Waals surface area contributed by atoms with Crippen LogP contribution < -0.4 is 5.32 Å². The molecule has 0 aliphatic carbocycles. The Balaban J connectivity index is 2.42. The van der Waals surface area contributed by atoms with Gasteiger partial charge in [0.05, 0.1) is 12.1 Å². The van der Waals surface area contributed by atoms with Crippen molar-refractivity contribution in [1.82, 2.24) is 0 Å². The van der Waals surface area contributed by atoms with Gasteiger partial charge in [-0.05, 0) is 11.4 Å². The number of hydrogen-bond acceptors (Lipinski definition) is 3. The molecular weight excluding hydrogens is 226 g/mol. The summed E-state index contributed by atoms with van der Waals surface area (Å²) in [7, 11) is 0. The highest BCUT2D eigenvalue weighted by Crippen LogP contribution is 2.27. The molecule has 1 amide bonds. The van der Waals surface area contributed by atoms with Crippen molar-refractivity contribution in [3.05, 3.63) is 15.8 Å². The molecule has 4 nitrogen and oxygen atoms in total. The van der Waals surface area contributed by atoms with Crippen molar-refractivity contribution in [2.75, 3.05) is 5.32 Å². The minimum absolute atomic E-state index is 0.0402. The number of thiophene rings is 1. The van der Waals surface area contributed by atoms with Crippen LogP contribution in [-0.2, 0) is 9.59 Å². The van der Waals surface area contributed by atoms with E-state index in [0.717, 1.165) is 0 Å². The van der Waals surface area contributed by atoms with Gasteiger partial charge in [0.25, 0.3) is 0 Å². The molecule has 0 saturated carbocycles. The Morgan fingerprint density at radius 3 is 2.71 bits per heavy atom. The molecule has 0 radical (unpaired) electrons. The average Bonchev–Trinajstić information content (AvgIpc) is 2.49. The molecule has 0 saturated heterocycles. The minimum Gasteiger partial charge on any atom is -0.481 e. The first kappa shape index (κ1) is 11.0. The fourth-order valence-corrected chi connectivity index (χ4v) is 1.65. The number of carbonyl (C=O) groups excluding carboxylic acids is 1. The third-order valence-electron chi connectivity index (χ3n) is 1.46. The average molecular weight is 234 g/mol. The number of nitrogens with one attached hydrogen (secondary N) is 1. The van der Waals surface area contributed by atoms with E-state index in [1.807, 2.05) is 0 Å². The Bertz CT molecular complexity index is 350. The summed E-state index contributed by atoms with van der Waals surface area (Å²) in [5.74, 6) is -1.33. The third-order valence-corrected chi connectivity index (χ3v) is 2.63. The summed E-state index contributed by atoms with van der Waals surface area (Å²) in [5, 5.41) is 12.6. The fourth-order valence-electron chi connectivity index (χ4n) is 0.815. The standard InChI is InChI=1S/C8H8ClNO3S/c9-8-5(3-4-14-8)10-6(11)1-2-7(12)13/h3-4H,1-2H2,(H,10,11)(H,12,13). The van der Waals surface area contributed by atoms with Crippen molar-refractivity contribution in [2.24, 2.45) is 0 Å². The summed E-state index contributed by atoms with van der Waals surface area (Å²) >= 11 is 7.04. The van der Waals surface area contributed by atoms with E-state index < -0.39 is 5.97 Å². The summed E-state index contributed by atoms with van der Waals surface area (Å²) < 4.78 is 0.494. The van der Waals surface area contributed by atoms with Crippen LogP contribution in [0, 0.1) is 0 Å². The molecule has 1 aromatic heterocycles. The largest absolute Gasteiger partial charge is 0.481 e. The van der Waals surface area contributed by atoms with Crippen molar-refractivity contribution in [1.29, 1.82) is 0 Å². The first-order valence-corrected chi connectivity index (χ1v) is 5.10. The Morgan fingerprint density at radius 1 is 1.50 bits per heavy atom. The smallest absolute Gasteiger partial charge is 0.303 e. The highest BCUT2D eigenvalue weighted by Gasteiger charge is 2.08. The third kappa shape index (κ3) is 3.35. The van der Waals surface area contributed by atoms with Crippen LogP contribution >= 0.6 is 22.9 Å². The number of carboxylic acids is 1. The molecule has 0 unspecified atom stereocenters. The van der Waals surface area contributed by atoms with E-state index in [-0.39, 0.29) is 18.7 Å². The normalized spacial score (nSPS) is 9.79. The second-order valence-electron chi connectivity index (χ2n) is 2.55. The van der Waals surface area contributed by atoms with Gasteiger partial charge in [-0.25, -0.2) is 0 Å². The number of anilines is 1. The van der Waals surface area contributed by atoms with Gasteiger partial charge in [0.1, 0.15) is 4.34 Å². The molecule has 1 heterocycles. The number of hydrogen-bond donors (Lipinski definition) is 2. The number of aliphatic carboxylic acids is 1. The topological polar surface area (TPSA) is 66.4 Å². The first-order valence-electron chi connectivity index (χ1n) is 3.84. The zero-order valence-electron chi connectivity index (χ0n) is 7.12. The number of amides is 1. The molecule has 0 aromatic carbocycles. The van der Waals surface area contributed by atoms with Gasteiger partial charge in [-0.1, -0.05) is 11.6 Å². The number of halogens is 1. The van der Waals surface area contributed by atoms with Crippen LogP contribution in [0.4, 0.5) is 5.69 Å². The van der Waals surface area contributed by atoms with E-state index in [1.165, 1.54) is 11.3 Å². The molecule has 0 atom stereocenters. The Hall–Kier alpha value is -1.07. The summed E-state index contributed by atoms with van der Waals surface area (Å²) in [4.78, 5) is 21.3. The first-order chi connectivity index (χ1) is 6.59. The van der Waals surface area contributed by atoms with Crippen molar-refractivity contribution in [3.63, 3.8) is 0 Å². The predicted molar refractivity (Wildman–Crippen MR) is 54.8 cm³/mol. The molecule has 2 N–H and O–H groups in total. The molecule has 0 aliphatic rings. The van der Waals surface area contributed by atoms with E-state index in [0.29, 0.717) is 10.0 Å². The second-order valence-corrected chi connectivity index (χ2v) is 4.07. The summed E-state index contributed by atoms with van der Waals surface area (Å²) in [6, 6.07) is 1.67. The highest BCUT2D eigenvalue weighted by molar-refractivity contribution is 7.15. The lowest BCUT2D eigenvalue weighted by atomic mass is 10.3. The minimum atomic E-state index is -0.989. The Kier molecular flexibility index (Phi) is 3.91. The molecule has 0 aliphatic heterocycles. The van der Waals surface area contributed by atoms with E-state index in [2.05, 4.69) is 5.32 Å². The lowest BCUT2D eigenvalue weighted by Crippen LogP contribution is -2.12. The lowest BCUT2D eigenvalue weighted by molar-refractivity contribution is -0.138. The van der Waals surface area contributed by atoms with Crippen LogP contribution in [0.2, 0.25) is 4.34 Å². The van der Waals surface area contributed by atoms with Crippen LogP contribution in [0.15, 0.2) is 11.4 Å². The monoisotopic (exact) mass is 233 g/mol. The van der Waals surface area contributed by atoms with Gasteiger partial charge >= 0.3 is 5.97 Å². The SMILES string of the molecule is O=C(O)CCC(=O)Nc1ccsc1Cl. The number of rotatable bonds is 4. The van der Waals surface area contributed by atoms with E-state index >= 15 is 0 Å². The van der Waals surface area contributed by atoms with Gasteiger partial charge in [-0.3, -0.25) is 9.59 Å². The zero-order chi connectivity index (χ0) is 10.6.